The second-order valence-corrected chi connectivity index (χ2v) is 10.1. The van der Waals surface area contributed by atoms with Crippen LogP contribution in [0.2, 0.25) is 0 Å². The average Bonchev–Trinajstić information content (AvgIpc) is 3.28. The quantitative estimate of drug-likeness (QED) is 0.694. The molecule has 1 heterocycles. The largest absolute Gasteiger partial charge is 0.452 e. The lowest BCUT2D eigenvalue weighted by molar-refractivity contribution is -0.164. The van der Waals surface area contributed by atoms with Crippen molar-refractivity contribution >= 4 is 21.7 Å². The third-order valence-corrected chi connectivity index (χ3v) is 7.72. The van der Waals surface area contributed by atoms with Crippen molar-refractivity contribution in [3.05, 3.63) is 35.6 Å². The van der Waals surface area contributed by atoms with Gasteiger partial charge in [-0.25, -0.2) is 12.8 Å². The van der Waals surface area contributed by atoms with Gasteiger partial charge >= 0.3 is 5.97 Å². The number of likely N-dealkylation sites (N-methyl/N-ethyl adjacent to an activating group) is 1. The zero-order valence-electron chi connectivity index (χ0n) is 16.2. The maximum Gasteiger partial charge on any atom is 0.317 e. The van der Waals surface area contributed by atoms with E-state index in [-0.39, 0.29) is 11.5 Å². The summed E-state index contributed by atoms with van der Waals surface area (Å²) < 4.78 is 43.2. The molecule has 3 rings (SSSR count). The number of nitrogens with zero attached hydrogens (tertiary/aromatic N) is 1. The van der Waals surface area contributed by atoms with E-state index in [4.69, 9.17) is 4.74 Å². The van der Waals surface area contributed by atoms with Gasteiger partial charge in [-0.1, -0.05) is 31.0 Å². The molecule has 1 aromatic carbocycles. The van der Waals surface area contributed by atoms with Crippen molar-refractivity contribution in [2.24, 2.45) is 0 Å². The van der Waals surface area contributed by atoms with Crippen LogP contribution in [0.3, 0.4) is 0 Å². The Morgan fingerprint density at radius 3 is 2.46 bits per heavy atom. The zero-order valence-corrected chi connectivity index (χ0v) is 17.0. The number of sulfone groups is 1. The smallest absolute Gasteiger partial charge is 0.317 e. The molecule has 1 saturated heterocycles. The Morgan fingerprint density at radius 1 is 1.25 bits per heavy atom. The molecular weight excluding hydrogens is 385 g/mol. The topological polar surface area (TPSA) is 80.8 Å². The summed E-state index contributed by atoms with van der Waals surface area (Å²) in [6, 6.07) is 5.78. The van der Waals surface area contributed by atoms with Gasteiger partial charge in [-0.15, -0.1) is 0 Å². The maximum absolute atomic E-state index is 14.4. The Kier molecular flexibility index (Phi) is 5.79. The van der Waals surface area contributed by atoms with Gasteiger partial charge in [0.1, 0.15) is 5.82 Å². The summed E-state index contributed by atoms with van der Waals surface area (Å²) in [7, 11) is -1.60. The van der Waals surface area contributed by atoms with Gasteiger partial charge in [0, 0.05) is 18.7 Å². The molecule has 0 spiro atoms. The lowest BCUT2D eigenvalue weighted by Gasteiger charge is -2.31. The third-order valence-electron chi connectivity index (χ3n) is 5.97. The first-order valence-electron chi connectivity index (χ1n) is 9.59. The van der Waals surface area contributed by atoms with E-state index in [9.17, 15) is 22.4 Å². The number of hydrogen-bond donors (Lipinski definition) is 0. The van der Waals surface area contributed by atoms with Crippen LogP contribution in [0.1, 0.15) is 44.6 Å². The zero-order chi connectivity index (χ0) is 20.5. The second-order valence-electron chi connectivity index (χ2n) is 7.82. The van der Waals surface area contributed by atoms with Crippen LogP contribution in [-0.4, -0.2) is 55.9 Å². The summed E-state index contributed by atoms with van der Waals surface area (Å²) in [5.41, 5.74) is -0.762. The van der Waals surface area contributed by atoms with Crippen LogP contribution in [0.5, 0.6) is 0 Å². The second kappa shape index (κ2) is 7.81. The fourth-order valence-corrected chi connectivity index (χ4v) is 6.06. The highest BCUT2D eigenvalue weighted by molar-refractivity contribution is 7.91. The van der Waals surface area contributed by atoms with Crippen molar-refractivity contribution in [3.8, 4) is 0 Å². The molecule has 0 aromatic heterocycles. The molecule has 0 bridgehead atoms. The lowest BCUT2D eigenvalue weighted by Crippen LogP contribution is -2.46. The highest BCUT2D eigenvalue weighted by Crippen LogP contribution is 2.43. The predicted octanol–water partition coefficient (Wildman–Crippen LogP) is 2.21. The number of halogens is 1. The van der Waals surface area contributed by atoms with Crippen LogP contribution in [0.4, 0.5) is 4.39 Å². The van der Waals surface area contributed by atoms with E-state index in [0.29, 0.717) is 24.8 Å². The van der Waals surface area contributed by atoms with Crippen molar-refractivity contribution < 1.29 is 27.1 Å². The van der Waals surface area contributed by atoms with Crippen molar-refractivity contribution in [2.45, 2.75) is 56.6 Å². The SMILES string of the molecule is C[C@@H](OC(=O)C1(c2ccccc2F)CCCC1)C(=O)N(C)[C@H]1CCS(=O)(=O)C1. The highest BCUT2D eigenvalue weighted by atomic mass is 32.2. The monoisotopic (exact) mass is 411 g/mol. The Balaban J connectivity index is 1.73. The molecule has 154 valence electrons. The Hall–Kier alpha value is -1.96. The molecule has 0 unspecified atom stereocenters. The van der Waals surface area contributed by atoms with Crippen LogP contribution in [0, 0.1) is 5.82 Å². The van der Waals surface area contributed by atoms with Crippen molar-refractivity contribution in [2.75, 3.05) is 18.6 Å². The standard InChI is InChI=1S/C20H26FNO5S/c1-14(18(23)22(2)15-9-12-28(25,26)13-15)27-19(24)20(10-5-6-11-20)16-7-3-4-8-17(16)21/h3-4,7-8,14-15H,5-6,9-13H2,1-2H3/t14-,15+/m1/s1. The molecule has 0 radical (unpaired) electrons. The highest BCUT2D eigenvalue weighted by Gasteiger charge is 2.47. The minimum absolute atomic E-state index is 0.0554. The average molecular weight is 411 g/mol. The van der Waals surface area contributed by atoms with E-state index in [1.165, 1.54) is 24.9 Å². The Bertz CT molecular complexity index is 863. The first-order chi connectivity index (χ1) is 13.2. The minimum atomic E-state index is -3.13. The molecule has 1 saturated carbocycles. The van der Waals surface area contributed by atoms with Crippen LogP contribution in [0.15, 0.2) is 24.3 Å². The van der Waals surface area contributed by atoms with E-state index in [2.05, 4.69) is 0 Å². The number of amides is 1. The number of carbonyl (C=O) groups excluding carboxylic acids is 2. The summed E-state index contributed by atoms with van der Waals surface area (Å²) in [6.45, 7) is 1.48. The summed E-state index contributed by atoms with van der Waals surface area (Å²) in [4.78, 5) is 27.1. The number of rotatable bonds is 5. The summed E-state index contributed by atoms with van der Waals surface area (Å²) in [5.74, 6) is -1.51. The number of benzene rings is 1. The molecule has 1 aliphatic heterocycles. The lowest BCUT2D eigenvalue weighted by atomic mass is 9.78. The molecule has 1 amide bonds. The molecule has 0 N–H and O–H groups in total. The first-order valence-corrected chi connectivity index (χ1v) is 11.4. The molecule has 2 fully saturated rings. The molecular formula is C20H26FNO5S. The Morgan fingerprint density at radius 2 is 1.89 bits per heavy atom. The molecule has 2 atom stereocenters. The van der Waals surface area contributed by atoms with Gasteiger partial charge in [0.2, 0.25) is 0 Å². The maximum atomic E-state index is 14.4. The van der Waals surface area contributed by atoms with Crippen molar-refractivity contribution in [1.82, 2.24) is 4.90 Å². The minimum Gasteiger partial charge on any atom is -0.452 e. The van der Waals surface area contributed by atoms with Crippen LogP contribution in [0.25, 0.3) is 0 Å². The number of esters is 1. The van der Waals surface area contributed by atoms with Crippen molar-refractivity contribution in [3.63, 3.8) is 0 Å². The van der Waals surface area contributed by atoms with Gasteiger partial charge in [0.25, 0.3) is 5.91 Å². The van der Waals surface area contributed by atoms with Gasteiger partial charge in [-0.05, 0) is 32.3 Å². The molecule has 1 aromatic rings. The third kappa shape index (κ3) is 3.92. The predicted molar refractivity (Wildman–Crippen MR) is 102 cm³/mol. The fourth-order valence-electron chi connectivity index (χ4n) is 4.28. The fraction of sp³-hybridized carbons (Fsp3) is 0.600. The number of hydrogen-bond acceptors (Lipinski definition) is 5. The van der Waals surface area contributed by atoms with E-state index >= 15 is 0 Å². The molecule has 6 nitrogen and oxygen atoms in total. The summed E-state index contributed by atoms with van der Waals surface area (Å²) >= 11 is 0. The van der Waals surface area contributed by atoms with E-state index in [1.807, 2.05) is 0 Å². The van der Waals surface area contributed by atoms with E-state index in [1.54, 1.807) is 18.2 Å². The summed E-state index contributed by atoms with van der Waals surface area (Å²) in [6.07, 6.45) is 1.83. The first kappa shape index (κ1) is 20.8. The van der Waals surface area contributed by atoms with Crippen LogP contribution in [-0.2, 0) is 29.6 Å². The number of carbonyl (C=O) groups is 2. The van der Waals surface area contributed by atoms with Crippen molar-refractivity contribution in [1.29, 1.82) is 0 Å². The Labute approximate surface area is 165 Å². The molecule has 28 heavy (non-hydrogen) atoms. The van der Waals surface area contributed by atoms with Gasteiger partial charge in [-0.3, -0.25) is 9.59 Å². The molecule has 8 heteroatoms. The van der Waals surface area contributed by atoms with Gasteiger partial charge in [0.15, 0.2) is 15.9 Å². The van der Waals surface area contributed by atoms with Crippen LogP contribution >= 0.6 is 0 Å². The van der Waals surface area contributed by atoms with E-state index < -0.39 is 45.1 Å². The van der Waals surface area contributed by atoms with Gasteiger partial charge in [-0.2, -0.15) is 0 Å². The van der Waals surface area contributed by atoms with Crippen LogP contribution < -0.4 is 0 Å². The van der Waals surface area contributed by atoms with Gasteiger partial charge in [0.05, 0.1) is 16.9 Å². The molecule has 1 aliphatic carbocycles. The number of ether oxygens (including phenoxy) is 1. The van der Waals surface area contributed by atoms with E-state index in [0.717, 1.165) is 12.8 Å². The normalized spacial score (nSPS) is 23.9. The van der Waals surface area contributed by atoms with Gasteiger partial charge < -0.3 is 9.64 Å². The molecule has 2 aliphatic rings. The summed E-state index contributed by atoms with van der Waals surface area (Å²) in [5, 5.41) is 0.